The number of rotatable bonds is 5. The first-order valence-electron chi connectivity index (χ1n) is 6.84. The zero-order valence-corrected chi connectivity index (χ0v) is 11.6. The Kier molecular flexibility index (Phi) is 4.97. The van der Waals surface area contributed by atoms with Crippen molar-refractivity contribution in [3.8, 4) is 11.8 Å². The van der Waals surface area contributed by atoms with E-state index in [1.54, 1.807) is 18.2 Å². The van der Waals surface area contributed by atoms with Crippen molar-refractivity contribution in [1.82, 2.24) is 5.32 Å². The topological polar surface area (TPSA) is 74.1 Å². The number of carbonyl (C=O) groups excluding carboxylic acids is 1. The Morgan fingerprint density at radius 2 is 2.20 bits per heavy atom. The molecule has 1 aromatic carbocycles. The molecule has 1 aliphatic carbocycles. The summed E-state index contributed by atoms with van der Waals surface area (Å²) in [6, 6.07) is 7.45. The Morgan fingerprint density at radius 3 is 2.85 bits per heavy atom. The monoisotopic (exact) mass is 273 g/mol. The second kappa shape index (κ2) is 6.92. The summed E-state index contributed by atoms with van der Waals surface area (Å²) in [5.74, 6) is 0.401. The van der Waals surface area contributed by atoms with E-state index in [0.717, 1.165) is 12.8 Å². The highest BCUT2D eigenvalue weighted by Gasteiger charge is 2.15. The third-order valence-electron chi connectivity index (χ3n) is 3.51. The second-order valence-electron chi connectivity index (χ2n) is 4.94. The summed E-state index contributed by atoms with van der Waals surface area (Å²) in [4.78, 5) is 11.9. The normalized spacial score (nSPS) is 14.8. The van der Waals surface area contributed by atoms with Gasteiger partial charge in [-0.05, 0) is 25.0 Å². The largest absolute Gasteiger partial charge is 0.495 e. The van der Waals surface area contributed by atoms with Crippen molar-refractivity contribution in [1.29, 1.82) is 5.26 Å². The first-order chi connectivity index (χ1) is 9.72. The molecular weight excluding hydrogens is 254 g/mol. The first kappa shape index (κ1) is 14.4. The molecule has 0 unspecified atom stereocenters. The molecule has 0 saturated heterocycles. The SMILES string of the molecule is COc1cc(C#N)ccc1NC(=O)CNC1CCCC1. The van der Waals surface area contributed by atoms with Crippen molar-refractivity contribution in [3.63, 3.8) is 0 Å². The fraction of sp³-hybridized carbons (Fsp3) is 0.467. The lowest BCUT2D eigenvalue weighted by Crippen LogP contribution is -2.34. The van der Waals surface area contributed by atoms with Crippen LogP contribution < -0.4 is 15.4 Å². The van der Waals surface area contributed by atoms with Crippen LogP contribution >= 0.6 is 0 Å². The molecule has 20 heavy (non-hydrogen) atoms. The third-order valence-corrected chi connectivity index (χ3v) is 3.51. The average Bonchev–Trinajstić information content (AvgIpc) is 2.99. The van der Waals surface area contributed by atoms with Gasteiger partial charge in [0.1, 0.15) is 5.75 Å². The molecule has 0 bridgehead atoms. The maximum atomic E-state index is 11.9. The number of hydrogen-bond donors (Lipinski definition) is 2. The molecule has 5 heteroatoms. The number of amides is 1. The lowest BCUT2D eigenvalue weighted by molar-refractivity contribution is -0.115. The van der Waals surface area contributed by atoms with Gasteiger partial charge < -0.3 is 15.4 Å². The number of nitrogens with one attached hydrogen (secondary N) is 2. The van der Waals surface area contributed by atoms with Gasteiger partial charge in [-0.2, -0.15) is 5.26 Å². The Morgan fingerprint density at radius 1 is 1.45 bits per heavy atom. The van der Waals surface area contributed by atoms with Crippen LogP contribution in [0.5, 0.6) is 5.75 Å². The molecule has 1 fully saturated rings. The Labute approximate surface area is 118 Å². The fourth-order valence-corrected chi connectivity index (χ4v) is 2.43. The zero-order chi connectivity index (χ0) is 14.4. The summed E-state index contributed by atoms with van der Waals surface area (Å²) >= 11 is 0. The smallest absolute Gasteiger partial charge is 0.238 e. The summed E-state index contributed by atoms with van der Waals surface area (Å²) in [5, 5.41) is 14.9. The number of nitriles is 1. The molecule has 0 heterocycles. The Bertz CT molecular complexity index is 516. The van der Waals surface area contributed by atoms with Crippen LogP contribution in [0.2, 0.25) is 0 Å². The zero-order valence-electron chi connectivity index (χ0n) is 11.6. The van der Waals surface area contributed by atoms with E-state index in [4.69, 9.17) is 10.00 Å². The molecule has 1 aromatic rings. The maximum Gasteiger partial charge on any atom is 0.238 e. The van der Waals surface area contributed by atoms with Gasteiger partial charge in [-0.15, -0.1) is 0 Å². The van der Waals surface area contributed by atoms with Crippen LogP contribution in [-0.4, -0.2) is 25.6 Å². The first-order valence-corrected chi connectivity index (χ1v) is 6.84. The van der Waals surface area contributed by atoms with E-state index in [0.29, 0.717) is 29.6 Å². The maximum absolute atomic E-state index is 11.9. The molecule has 1 aliphatic rings. The van der Waals surface area contributed by atoms with E-state index in [9.17, 15) is 4.79 Å². The van der Waals surface area contributed by atoms with Crippen molar-refractivity contribution in [2.24, 2.45) is 0 Å². The number of ether oxygens (including phenoxy) is 1. The molecule has 0 atom stereocenters. The van der Waals surface area contributed by atoms with Gasteiger partial charge in [0.25, 0.3) is 0 Å². The van der Waals surface area contributed by atoms with E-state index in [-0.39, 0.29) is 5.91 Å². The van der Waals surface area contributed by atoms with Crippen molar-refractivity contribution in [2.75, 3.05) is 19.0 Å². The Balaban J connectivity index is 1.91. The lowest BCUT2D eigenvalue weighted by Gasteiger charge is -2.13. The molecule has 0 aromatic heterocycles. The van der Waals surface area contributed by atoms with Crippen molar-refractivity contribution in [3.05, 3.63) is 23.8 Å². The van der Waals surface area contributed by atoms with Crippen LogP contribution in [-0.2, 0) is 4.79 Å². The number of anilines is 1. The third kappa shape index (κ3) is 3.72. The summed E-state index contributed by atoms with van der Waals surface area (Å²) in [7, 11) is 1.52. The average molecular weight is 273 g/mol. The summed E-state index contributed by atoms with van der Waals surface area (Å²) in [6.07, 6.45) is 4.77. The van der Waals surface area contributed by atoms with Crippen LogP contribution in [0, 0.1) is 11.3 Å². The van der Waals surface area contributed by atoms with Crippen molar-refractivity contribution < 1.29 is 9.53 Å². The van der Waals surface area contributed by atoms with E-state index in [1.165, 1.54) is 20.0 Å². The highest BCUT2D eigenvalue weighted by atomic mass is 16.5. The van der Waals surface area contributed by atoms with Crippen LogP contribution in [0.3, 0.4) is 0 Å². The van der Waals surface area contributed by atoms with Crippen molar-refractivity contribution >= 4 is 11.6 Å². The summed E-state index contributed by atoms with van der Waals surface area (Å²) < 4.78 is 5.18. The lowest BCUT2D eigenvalue weighted by atomic mass is 10.2. The predicted molar refractivity (Wildman–Crippen MR) is 76.6 cm³/mol. The summed E-state index contributed by atoms with van der Waals surface area (Å²) in [6.45, 7) is 0.299. The molecule has 0 aliphatic heterocycles. The minimum atomic E-state index is -0.0973. The molecule has 2 rings (SSSR count). The van der Waals surface area contributed by atoms with Gasteiger partial charge in [-0.1, -0.05) is 12.8 Å². The molecule has 5 nitrogen and oxygen atoms in total. The number of benzene rings is 1. The second-order valence-corrected chi connectivity index (χ2v) is 4.94. The van der Waals surface area contributed by atoms with E-state index in [2.05, 4.69) is 10.6 Å². The molecule has 0 spiro atoms. The van der Waals surface area contributed by atoms with E-state index in [1.807, 2.05) is 6.07 Å². The van der Waals surface area contributed by atoms with E-state index < -0.39 is 0 Å². The number of carbonyl (C=O) groups is 1. The van der Waals surface area contributed by atoms with Crippen LogP contribution in [0.1, 0.15) is 31.2 Å². The highest BCUT2D eigenvalue weighted by molar-refractivity contribution is 5.93. The van der Waals surface area contributed by atoms with Gasteiger partial charge in [0.2, 0.25) is 5.91 Å². The van der Waals surface area contributed by atoms with Crippen LogP contribution in [0.25, 0.3) is 0 Å². The molecule has 1 saturated carbocycles. The number of hydrogen-bond acceptors (Lipinski definition) is 4. The van der Waals surface area contributed by atoms with Crippen LogP contribution in [0.15, 0.2) is 18.2 Å². The van der Waals surface area contributed by atoms with Gasteiger partial charge in [-0.3, -0.25) is 4.79 Å². The van der Waals surface area contributed by atoms with E-state index >= 15 is 0 Å². The van der Waals surface area contributed by atoms with Gasteiger partial charge >= 0.3 is 0 Å². The quantitative estimate of drug-likeness (QED) is 0.861. The highest BCUT2D eigenvalue weighted by Crippen LogP contribution is 2.25. The molecule has 1 amide bonds. The Hall–Kier alpha value is -2.06. The predicted octanol–water partition coefficient (Wildman–Crippen LogP) is 2.04. The van der Waals surface area contributed by atoms with Gasteiger partial charge in [0.15, 0.2) is 0 Å². The standard InChI is InChI=1S/C15H19N3O2/c1-20-14-8-11(9-16)6-7-13(14)18-15(19)10-17-12-4-2-3-5-12/h6-8,12,17H,2-5,10H2,1H3,(H,18,19). The summed E-state index contributed by atoms with van der Waals surface area (Å²) in [5.41, 5.74) is 1.09. The van der Waals surface area contributed by atoms with Crippen LogP contribution in [0.4, 0.5) is 5.69 Å². The fourth-order valence-electron chi connectivity index (χ4n) is 2.43. The minimum absolute atomic E-state index is 0.0973. The van der Waals surface area contributed by atoms with Gasteiger partial charge in [0, 0.05) is 12.1 Å². The molecule has 2 N–H and O–H groups in total. The molecule has 106 valence electrons. The van der Waals surface area contributed by atoms with Gasteiger partial charge in [0.05, 0.1) is 31.0 Å². The number of methoxy groups -OCH3 is 1. The van der Waals surface area contributed by atoms with Crippen molar-refractivity contribution in [2.45, 2.75) is 31.7 Å². The number of nitrogens with zero attached hydrogens (tertiary/aromatic N) is 1. The van der Waals surface area contributed by atoms with Gasteiger partial charge in [-0.25, -0.2) is 0 Å². The molecule has 0 radical (unpaired) electrons. The molecular formula is C15H19N3O2. The minimum Gasteiger partial charge on any atom is -0.495 e.